The minimum atomic E-state index is -0.516. The summed E-state index contributed by atoms with van der Waals surface area (Å²) in [5.41, 5.74) is 1.51. The zero-order chi connectivity index (χ0) is 19.7. The number of thiazole rings is 1. The van der Waals surface area contributed by atoms with Crippen LogP contribution >= 0.6 is 11.3 Å². The molecule has 0 unspecified atom stereocenters. The van der Waals surface area contributed by atoms with Gasteiger partial charge in [0.25, 0.3) is 11.6 Å². The highest BCUT2D eigenvalue weighted by Gasteiger charge is 2.14. The molecule has 0 aliphatic carbocycles. The van der Waals surface area contributed by atoms with Gasteiger partial charge >= 0.3 is 0 Å². The number of carbonyl (C=O) groups excluding carboxylic acids is 1. The van der Waals surface area contributed by atoms with Crippen LogP contribution < -0.4 is 10.1 Å². The molecule has 0 aliphatic heterocycles. The fourth-order valence-corrected chi connectivity index (χ4v) is 3.31. The number of hydrogen-bond acceptors (Lipinski definition) is 7. The maximum absolute atomic E-state index is 12.3. The van der Waals surface area contributed by atoms with Gasteiger partial charge in [0, 0.05) is 34.5 Å². The molecule has 0 fully saturated rings. The predicted octanol–water partition coefficient (Wildman–Crippen LogP) is 4.73. The number of anilines is 1. The third-order valence-electron chi connectivity index (χ3n) is 4.04. The Kier molecular flexibility index (Phi) is 4.50. The normalized spacial score (nSPS) is 10.8. The highest BCUT2D eigenvalue weighted by Crippen LogP contribution is 2.32. The lowest BCUT2D eigenvalue weighted by Crippen LogP contribution is -2.11. The second-order valence-electron chi connectivity index (χ2n) is 5.81. The number of non-ortho nitro benzene ring substituents is 1. The van der Waals surface area contributed by atoms with E-state index >= 15 is 0 Å². The van der Waals surface area contributed by atoms with E-state index < -0.39 is 10.8 Å². The van der Waals surface area contributed by atoms with E-state index in [0.717, 1.165) is 5.39 Å². The number of rotatable bonds is 5. The Morgan fingerprint density at radius 3 is 2.71 bits per heavy atom. The molecule has 1 amide bonds. The molecule has 0 aliphatic rings. The number of nitro groups is 1. The number of methoxy groups -OCH3 is 1. The van der Waals surface area contributed by atoms with Gasteiger partial charge in [-0.25, -0.2) is 4.98 Å². The van der Waals surface area contributed by atoms with Crippen LogP contribution in [0.3, 0.4) is 0 Å². The van der Waals surface area contributed by atoms with E-state index in [9.17, 15) is 14.9 Å². The average Bonchev–Trinajstić information content (AvgIpc) is 3.33. The lowest BCUT2D eigenvalue weighted by atomic mass is 10.2. The largest absolute Gasteiger partial charge is 0.497 e. The molecule has 28 heavy (non-hydrogen) atoms. The van der Waals surface area contributed by atoms with Crippen molar-refractivity contribution in [1.82, 2.24) is 4.98 Å². The Bertz CT molecular complexity index is 1180. The van der Waals surface area contributed by atoms with Crippen LogP contribution in [0.5, 0.6) is 5.75 Å². The molecule has 8 nitrogen and oxygen atoms in total. The Labute approximate surface area is 162 Å². The van der Waals surface area contributed by atoms with E-state index in [1.165, 1.54) is 35.6 Å². The van der Waals surface area contributed by atoms with E-state index in [-0.39, 0.29) is 5.69 Å². The summed E-state index contributed by atoms with van der Waals surface area (Å²) in [5.74, 6) is 0.878. The molecule has 0 saturated carbocycles. The van der Waals surface area contributed by atoms with E-state index in [1.54, 1.807) is 18.6 Å². The van der Waals surface area contributed by atoms with Crippen molar-refractivity contribution >= 4 is 39.0 Å². The second-order valence-corrected chi connectivity index (χ2v) is 6.67. The van der Waals surface area contributed by atoms with Crippen LogP contribution in [0.15, 0.2) is 58.3 Å². The van der Waals surface area contributed by atoms with Crippen molar-refractivity contribution in [3.63, 3.8) is 0 Å². The van der Waals surface area contributed by atoms with Gasteiger partial charge in [0.2, 0.25) is 0 Å². The van der Waals surface area contributed by atoms with Crippen LogP contribution in [-0.4, -0.2) is 22.9 Å². The molecule has 0 radical (unpaired) electrons. The molecular weight excluding hydrogens is 382 g/mol. The Balaban J connectivity index is 1.52. The standard InChI is InChI=1S/C19H13N3O5S/c1-26-14-7-4-12-8-17(27-16(12)9-14)15-10-28-19(20-15)21-18(23)11-2-5-13(6-3-11)22(24)25/h2-10H,1H3,(H,20,21,23). The van der Waals surface area contributed by atoms with Crippen molar-refractivity contribution < 1.29 is 18.9 Å². The zero-order valence-corrected chi connectivity index (χ0v) is 15.4. The zero-order valence-electron chi connectivity index (χ0n) is 14.5. The molecule has 0 bridgehead atoms. The molecule has 0 atom stereocenters. The number of nitrogens with zero attached hydrogens (tertiary/aromatic N) is 2. The fourth-order valence-electron chi connectivity index (χ4n) is 2.61. The molecule has 4 rings (SSSR count). The summed E-state index contributed by atoms with van der Waals surface area (Å²) in [6.07, 6.45) is 0. The van der Waals surface area contributed by atoms with E-state index in [4.69, 9.17) is 9.15 Å². The number of amides is 1. The maximum atomic E-state index is 12.3. The molecule has 0 spiro atoms. The molecular formula is C19H13N3O5S. The molecule has 1 N–H and O–H groups in total. The molecule has 4 aromatic rings. The fraction of sp³-hybridized carbons (Fsp3) is 0.0526. The Hall–Kier alpha value is -3.72. The molecule has 2 heterocycles. The van der Waals surface area contributed by atoms with Gasteiger partial charge in [-0.15, -0.1) is 11.3 Å². The average molecular weight is 395 g/mol. The number of aromatic nitrogens is 1. The van der Waals surface area contributed by atoms with Crippen LogP contribution in [-0.2, 0) is 0 Å². The molecule has 2 aromatic heterocycles. The number of hydrogen-bond donors (Lipinski definition) is 1. The highest BCUT2D eigenvalue weighted by atomic mass is 32.1. The van der Waals surface area contributed by atoms with Gasteiger partial charge in [-0.05, 0) is 30.3 Å². The summed E-state index contributed by atoms with van der Waals surface area (Å²) in [6, 6.07) is 12.8. The van der Waals surface area contributed by atoms with Crippen molar-refractivity contribution in [1.29, 1.82) is 0 Å². The Morgan fingerprint density at radius 2 is 2.00 bits per heavy atom. The minimum Gasteiger partial charge on any atom is -0.497 e. The first-order valence-electron chi connectivity index (χ1n) is 8.13. The van der Waals surface area contributed by atoms with Gasteiger partial charge in [-0.2, -0.15) is 0 Å². The van der Waals surface area contributed by atoms with Crippen LogP contribution in [0.25, 0.3) is 22.4 Å². The third kappa shape index (κ3) is 3.42. The third-order valence-corrected chi connectivity index (χ3v) is 4.80. The van der Waals surface area contributed by atoms with Crippen LogP contribution in [0.2, 0.25) is 0 Å². The van der Waals surface area contributed by atoms with Crippen LogP contribution in [0, 0.1) is 10.1 Å². The summed E-state index contributed by atoms with van der Waals surface area (Å²) in [4.78, 5) is 26.9. The van der Waals surface area contributed by atoms with Gasteiger partial charge in [-0.1, -0.05) is 0 Å². The molecule has 140 valence electrons. The maximum Gasteiger partial charge on any atom is 0.269 e. The van der Waals surface area contributed by atoms with Crippen molar-refractivity contribution in [2.75, 3.05) is 12.4 Å². The quantitative estimate of drug-likeness (QED) is 0.387. The SMILES string of the molecule is COc1ccc2cc(-c3csc(NC(=O)c4ccc([N+](=O)[O-])cc4)n3)oc2c1. The topological polar surface area (TPSA) is 108 Å². The first-order valence-corrected chi connectivity index (χ1v) is 9.01. The monoisotopic (exact) mass is 395 g/mol. The van der Waals surface area contributed by atoms with Crippen molar-refractivity contribution in [3.05, 3.63) is 69.6 Å². The van der Waals surface area contributed by atoms with Gasteiger partial charge < -0.3 is 9.15 Å². The van der Waals surface area contributed by atoms with Crippen molar-refractivity contribution in [2.45, 2.75) is 0 Å². The van der Waals surface area contributed by atoms with E-state index in [2.05, 4.69) is 10.3 Å². The molecule has 9 heteroatoms. The number of benzene rings is 2. The van der Waals surface area contributed by atoms with Gasteiger partial charge in [-0.3, -0.25) is 20.2 Å². The predicted molar refractivity (Wildman–Crippen MR) is 105 cm³/mol. The van der Waals surface area contributed by atoms with Gasteiger partial charge in [0.05, 0.1) is 12.0 Å². The summed E-state index contributed by atoms with van der Waals surface area (Å²) in [7, 11) is 1.59. The first-order chi connectivity index (χ1) is 13.5. The number of fused-ring (bicyclic) bond motifs is 1. The van der Waals surface area contributed by atoms with Crippen molar-refractivity contribution in [2.24, 2.45) is 0 Å². The highest BCUT2D eigenvalue weighted by molar-refractivity contribution is 7.14. The van der Waals surface area contributed by atoms with E-state index in [0.29, 0.717) is 33.5 Å². The number of furan rings is 1. The lowest BCUT2D eigenvalue weighted by molar-refractivity contribution is -0.384. The smallest absolute Gasteiger partial charge is 0.269 e. The van der Waals surface area contributed by atoms with Crippen molar-refractivity contribution in [3.8, 4) is 17.2 Å². The number of nitrogens with one attached hydrogen (secondary N) is 1. The summed E-state index contributed by atoms with van der Waals surface area (Å²) in [5, 5.41) is 16.5. The number of ether oxygens (including phenoxy) is 1. The second kappa shape index (κ2) is 7.12. The summed E-state index contributed by atoms with van der Waals surface area (Å²) >= 11 is 1.26. The molecule has 2 aromatic carbocycles. The van der Waals surface area contributed by atoms with Gasteiger partial charge in [0.1, 0.15) is 17.0 Å². The molecule has 0 saturated heterocycles. The van der Waals surface area contributed by atoms with Gasteiger partial charge in [0.15, 0.2) is 10.9 Å². The van der Waals surface area contributed by atoms with Crippen LogP contribution in [0.4, 0.5) is 10.8 Å². The number of nitro benzene ring substituents is 1. The van der Waals surface area contributed by atoms with Crippen LogP contribution in [0.1, 0.15) is 10.4 Å². The summed E-state index contributed by atoms with van der Waals surface area (Å²) < 4.78 is 11.0. The Morgan fingerprint density at radius 1 is 1.21 bits per heavy atom. The lowest BCUT2D eigenvalue weighted by Gasteiger charge is -2.01. The number of carbonyl (C=O) groups is 1. The van der Waals surface area contributed by atoms with E-state index in [1.807, 2.05) is 18.2 Å². The minimum absolute atomic E-state index is 0.0744. The summed E-state index contributed by atoms with van der Waals surface area (Å²) in [6.45, 7) is 0. The first kappa shape index (κ1) is 17.7.